The molecule has 2 amide bonds. The van der Waals surface area contributed by atoms with E-state index in [-0.39, 0.29) is 41.2 Å². The molecule has 148 valence electrons. The molecule has 9 heteroatoms. The van der Waals surface area contributed by atoms with Crippen molar-refractivity contribution >= 4 is 17.6 Å². The predicted octanol–water partition coefficient (Wildman–Crippen LogP) is 2.42. The molecular formula is C18H23ClFN3O4. The normalized spacial score (nSPS) is 30.7. The Kier molecular flexibility index (Phi) is 5.66. The summed E-state index contributed by atoms with van der Waals surface area (Å²) in [7, 11) is 0. The van der Waals surface area contributed by atoms with Crippen molar-refractivity contribution in [2.24, 2.45) is 0 Å². The average Bonchev–Trinajstić information content (AvgIpc) is 3.23. The quantitative estimate of drug-likeness (QED) is 0.760. The number of nitrogens with one attached hydrogen (secondary N) is 2. The van der Waals surface area contributed by atoms with Gasteiger partial charge in [-0.3, -0.25) is 0 Å². The van der Waals surface area contributed by atoms with E-state index in [1.54, 1.807) is 0 Å². The molecule has 3 heterocycles. The third-order valence-corrected chi connectivity index (χ3v) is 5.60. The van der Waals surface area contributed by atoms with Crippen LogP contribution in [0.2, 0.25) is 5.15 Å². The van der Waals surface area contributed by atoms with Crippen molar-refractivity contribution in [1.29, 1.82) is 0 Å². The second kappa shape index (κ2) is 8.16. The molecule has 7 nitrogen and oxygen atoms in total. The maximum Gasteiger partial charge on any atom is 0.315 e. The highest BCUT2D eigenvalue weighted by Crippen LogP contribution is 2.30. The molecule has 0 spiro atoms. The Balaban J connectivity index is 1.30. The number of aromatic nitrogens is 1. The lowest BCUT2D eigenvalue weighted by molar-refractivity contribution is 0.0301. The molecule has 3 aliphatic rings. The Bertz CT molecular complexity index is 689. The van der Waals surface area contributed by atoms with Gasteiger partial charge in [0.15, 0.2) is 17.1 Å². The van der Waals surface area contributed by atoms with Crippen molar-refractivity contribution in [3.05, 3.63) is 23.2 Å². The Morgan fingerprint density at radius 3 is 2.74 bits per heavy atom. The number of amides is 2. The van der Waals surface area contributed by atoms with E-state index < -0.39 is 11.9 Å². The van der Waals surface area contributed by atoms with Gasteiger partial charge in [-0.15, -0.1) is 0 Å². The molecule has 0 unspecified atom stereocenters. The first kappa shape index (κ1) is 18.7. The number of pyridine rings is 1. The molecule has 1 aromatic rings. The third kappa shape index (κ3) is 4.28. The van der Waals surface area contributed by atoms with Crippen LogP contribution in [0.15, 0.2) is 12.3 Å². The maximum atomic E-state index is 13.5. The predicted molar refractivity (Wildman–Crippen MR) is 95.4 cm³/mol. The van der Waals surface area contributed by atoms with E-state index >= 15 is 0 Å². The van der Waals surface area contributed by atoms with Crippen LogP contribution < -0.4 is 15.4 Å². The van der Waals surface area contributed by atoms with Crippen LogP contribution in [0.4, 0.5) is 9.18 Å². The number of halogens is 2. The summed E-state index contributed by atoms with van der Waals surface area (Å²) in [6, 6.07) is 0.996. The SMILES string of the molecule is O=C(NC1CCCCC1)N[C@H]1CO[C@H]2[C@@H]1OC[C@@H]2Oc1cnc(Cl)c(F)c1. The first-order valence-corrected chi connectivity index (χ1v) is 9.76. The minimum atomic E-state index is -0.643. The van der Waals surface area contributed by atoms with Gasteiger partial charge >= 0.3 is 6.03 Å². The fourth-order valence-electron chi connectivity index (χ4n) is 3.97. The van der Waals surface area contributed by atoms with Crippen molar-refractivity contribution in [2.75, 3.05) is 13.2 Å². The highest BCUT2D eigenvalue weighted by atomic mass is 35.5. The third-order valence-electron chi connectivity index (χ3n) is 5.32. The minimum Gasteiger partial charge on any atom is -0.483 e. The fourth-order valence-corrected chi connectivity index (χ4v) is 4.08. The highest BCUT2D eigenvalue weighted by Gasteiger charge is 2.49. The van der Waals surface area contributed by atoms with E-state index in [1.165, 1.54) is 18.7 Å². The molecule has 2 N–H and O–H groups in total. The molecule has 2 saturated heterocycles. The maximum absolute atomic E-state index is 13.5. The Morgan fingerprint density at radius 1 is 1.19 bits per heavy atom. The van der Waals surface area contributed by atoms with Crippen molar-refractivity contribution in [3.63, 3.8) is 0 Å². The van der Waals surface area contributed by atoms with E-state index in [4.69, 9.17) is 25.8 Å². The number of urea groups is 1. The van der Waals surface area contributed by atoms with Gasteiger partial charge in [0.25, 0.3) is 0 Å². The lowest BCUT2D eigenvalue weighted by atomic mass is 9.96. The van der Waals surface area contributed by atoms with Crippen molar-refractivity contribution in [3.8, 4) is 5.75 Å². The largest absolute Gasteiger partial charge is 0.483 e. The molecule has 0 bridgehead atoms. The van der Waals surface area contributed by atoms with Crippen LogP contribution in [0.5, 0.6) is 5.75 Å². The second-order valence-corrected chi connectivity index (χ2v) is 7.61. The van der Waals surface area contributed by atoms with E-state index in [9.17, 15) is 9.18 Å². The zero-order valence-electron chi connectivity index (χ0n) is 14.8. The average molecular weight is 400 g/mol. The second-order valence-electron chi connectivity index (χ2n) is 7.26. The van der Waals surface area contributed by atoms with Crippen LogP contribution in [0.25, 0.3) is 0 Å². The summed E-state index contributed by atoms with van der Waals surface area (Å²) in [6.07, 6.45) is 5.95. The zero-order valence-corrected chi connectivity index (χ0v) is 15.6. The van der Waals surface area contributed by atoms with Gasteiger partial charge in [-0.05, 0) is 12.8 Å². The molecule has 4 atom stereocenters. The molecule has 2 aliphatic heterocycles. The summed E-state index contributed by atoms with van der Waals surface area (Å²) in [4.78, 5) is 16.0. The number of nitrogens with zero attached hydrogens (tertiary/aromatic N) is 1. The molecule has 27 heavy (non-hydrogen) atoms. The van der Waals surface area contributed by atoms with Gasteiger partial charge < -0.3 is 24.8 Å². The van der Waals surface area contributed by atoms with Gasteiger partial charge in [-0.2, -0.15) is 0 Å². The van der Waals surface area contributed by atoms with Gasteiger partial charge in [-0.1, -0.05) is 30.9 Å². The minimum absolute atomic E-state index is 0.187. The molecular weight excluding hydrogens is 377 g/mol. The summed E-state index contributed by atoms with van der Waals surface area (Å²) in [5.41, 5.74) is 0. The number of fused-ring (bicyclic) bond motifs is 1. The van der Waals surface area contributed by atoms with E-state index in [2.05, 4.69) is 15.6 Å². The molecule has 4 rings (SSSR count). The molecule has 1 aliphatic carbocycles. The van der Waals surface area contributed by atoms with Crippen molar-refractivity contribution in [2.45, 2.75) is 62.5 Å². The smallest absolute Gasteiger partial charge is 0.315 e. The molecule has 1 saturated carbocycles. The topological polar surface area (TPSA) is 81.7 Å². The van der Waals surface area contributed by atoms with Crippen molar-refractivity contribution < 1.29 is 23.4 Å². The van der Waals surface area contributed by atoms with E-state index in [1.807, 2.05) is 0 Å². The van der Waals surface area contributed by atoms with Gasteiger partial charge in [0.05, 0.1) is 25.5 Å². The number of ether oxygens (including phenoxy) is 3. The number of hydrogen-bond acceptors (Lipinski definition) is 5. The highest BCUT2D eigenvalue weighted by molar-refractivity contribution is 6.29. The summed E-state index contributed by atoms with van der Waals surface area (Å²) < 4.78 is 30.9. The standard InChI is InChI=1S/C18H23ClFN3O4/c19-17-12(20)6-11(7-21-17)27-14-9-26-15-13(8-25-16(14)15)23-18(24)22-10-4-2-1-3-5-10/h6-7,10,13-16H,1-5,8-9H2,(H2,22,23,24)/t13-,14-,15+,16+/m0/s1. The van der Waals surface area contributed by atoms with Crippen LogP contribution in [-0.4, -0.2) is 54.6 Å². The van der Waals surface area contributed by atoms with Crippen LogP contribution in [0.1, 0.15) is 32.1 Å². The first-order valence-electron chi connectivity index (χ1n) is 9.38. The van der Waals surface area contributed by atoms with Crippen LogP contribution in [0.3, 0.4) is 0 Å². The number of rotatable bonds is 4. The van der Waals surface area contributed by atoms with Gasteiger partial charge in [0, 0.05) is 12.1 Å². The molecule has 3 fully saturated rings. The monoisotopic (exact) mass is 399 g/mol. The fraction of sp³-hybridized carbons (Fsp3) is 0.667. The summed E-state index contributed by atoms with van der Waals surface area (Å²) in [6.45, 7) is 0.641. The zero-order chi connectivity index (χ0) is 18.8. The van der Waals surface area contributed by atoms with Crippen molar-refractivity contribution in [1.82, 2.24) is 15.6 Å². The Labute approximate surface area is 161 Å². The number of carbonyl (C=O) groups excluding carboxylic acids is 1. The summed E-state index contributed by atoms with van der Waals surface area (Å²) in [5, 5.41) is 5.79. The van der Waals surface area contributed by atoms with Gasteiger partial charge in [0.1, 0.15) is 18.0 Å². The summed E-state index contributed by atoms with van der Waals surface area (Å²) >= 11 is 5.59. The van der Waals surface area contributed by atoms with E-state index in [0.29, 0.717) is 13.2 Å². The van der Waals surface area contributed by atoms with Crippen LogP contribution in [0, 0.1) is 5.82 Å². The lowest BCUT2D eigenvalue weighted by Gasteiger charge is -2.24. The molecule has 1 aromatic heterocycles. The number of hydrogen-bond donors (Lipinski definition) is 2. The van der Waals surface area contributed by atoms with Gasteiger partial charge in [0.2, 0.25) is 0 Å². The lowest BCUT2D eigenvalue weighted by Crippen LogP contribution is -2.51. The van der Waals surface area contributed by atoms with Gasteiger partial charge in [-0.25, -0.2) is 14.2 Å². The number of carbonyl (C=O) groups is 1. The molecule has 0 radical (unpaired) electrons. The Morgan fingerprint density at radius 2 is 1.96 bits per heavy atom. The Hall–Kier alpha value is -1.64. The molecule has 0 aromatic carbocycles. The summed E-state index contributed by atoms with van der Waals surface area (Å²) in [5.74, 6) is -0.378. The van der Waals surface area contributed by atoms with Crippen LogP contribution in [-0.2, 0) is 9.47 Å². The van der Waals surface area contributed by atoms with Crippen LogP contribution >= 0.6 is 11.6 Å². The first-order chi connectivity index (χ1) is 13.1. The van der Waals surface area contributed by atoms with E-state index in [0.717, 1.165) is 25.7 Å².